The van der Waals surface area contributed by atoms with Gasteiger partial charge in [0.15, 0.2) is 5.82 Å². The fourth-order valence-electron chi connectivity index (χ4n) is 2.76. The fraction of sp³-hybridized carbons (Fsp3) is 0.471. The SMILES string of the molecule is CCCc1cc(NC2CCCNC2)nc(-c2cccnc2)n1. The number of hydrogen-bond acceptors (Lipinski definition) is 5. The zero-order valence-electron chi connectivity index (χ0n) is 13.0. The summed E-state index contributed by atoms with van der Waals surface area (Å²) in [4.78, 5) is 13.5. The van der Waals surface area contributed by atoms with Crippen LogP contribution in [0, 0.1) is 0 Å². The lowest BCUT2D eigenvalue weighted by atomic mass is 10.1. The van der Waals surface area contributed by atoms with Crippen LogP contribution in [-0.4, -0.2) is 34.1 Å². The molecule has 5 heteroatoms. The van der Waals surface area contributed by atoms with Crippen LogP contribution in [0.25, 0.3) is 11.4 Å². The average Bonchev–Trinajstić information content (AvgIpc) is 2.57. The Morgan fingerprint density at radius 3 is 3.05 bits per heavy atom. The summed E-state index contributed by atoms with van der Waals surface area (Å²) in [6, 6.07) is 6.45. The van der Waals surface area contributed by atoms with Crippen molar-refractivity contribution in [3.8, 4) is 11.4 Å². The summed E-state index contributed by atoms with van der Waals surface area (Å²) in [5, 5.41) is 6.98. The van der Waals surface area contributed by atoms with Crippen LogP contribution in [-0.2, 0) is 6.42 Å². The topological polar surface area (TPSA) is 62.7 Å². The van der Waals surface area contributed by atoms with E-state index in [1.54, 1.807) is 6.20 Å². The van der Waals surface area contributed by atoms with Crippen molar-refractivity contribution in [3.05, 3.63) is 36.3 Å². The smallest absolute Gasteiger partial charge is 0.163 e. The molecule has 2 N–H and O–H groups in total. The molecule has 22 heavy (non-hydrogen) atoms. The highest BCUT2D eigenvalue weighted by Crippen LogP contribution is 2.19. The number of anilines is 1. The monoisotopic (exact) mass is 297 g/mol. The first-order valence-corrected chi connectivity index (χ1v) is 8.11. The molecule has 1 saturated heterocycles. The molecule has 1 aliphatic heterocycles. The lowest BCUT2D eigenvalue weighted by Crippen LogP contribution is -2.38. The number of nitrogens with zero attached hydrogens (tertiary/aromatic N) is 3. The number of piperidine rings is 1. The lowest BCUT2D eigenvalue weighted by Gasteiger charge is -2.24. The molecule has 2 aromatic rings. The first-order chi connectivity index (χ1) is 10.8. The van der Waals surface area contributed by atoms with Gasteiger partial charge in [0.05, 0.1) is 0 Å². The maximum absolute atomic E-state index is 4.69. The highest BCUT2D eigenvalue weighted by atomic mass is 15.1. The van der Waals surface area contributed by atoms with E-state index in [0.717, 1.165) is 48.8 Å². The Kier molecular flexibility index (Phi) is 4.96. The van der Waals surface area contributed by atoms with E-state index in [0.29, 0.717) is 6.04 Å². The van der Waals surface area contributed by atoms with Crippen molar-refractivity contribution in [2.75, 3.05) is 18.4 Å². The van der Waals surface area contributed by atoms with Gasteiger partial charge in [-0.3, -0.25) is 4.98 Å². The van der Waals surface area contributed by atoms with Gasteiger partial charge < -0.3 is 10.6 Å². The quantitative estimate of drug-likeness (QED) is 0.888. The van der Waals surface area contributed by atoms with Crippen molar-refractivity contribution in [2.45, 2.75) is 38.6 Å². The maximum atomic E-state index is 4.69. The molecule has 0 bridgehead atoms. The number of aryl methyl sites for hydroxylation is 1. The van der Waals surface area contributed by atoms with Crippen LogP contribution in [0.5, 0.6) is 0 Å². The molecule has 1 unspecified atom stereocenters. The standard InChI is InChI=1S/C17H23N5/c1-2-5-14-10-16(20-15-7-4-9-19-12-15)22-17(21-14)13-6-3-8-18-11-13/h3,6,8,10-11,15,19H,2,4-5,7,9,12H2,1H3,(H,20,21,22). The van der Waals surface area contributed by atoms with Crippen LogP contribution in [0.1, 0.15) is 31.9 Å². The van der Waals surface area contributed by atoms with Crippen molar-refractivity contribution < 1.29 is 0 Å². The summed E-state index contributed by atoms with van der Waals surface area (Å²) >= 11 is 0. The highest BCUT2D eigenvalue weighted by Gasteiger charge is 2.14. The molecule has 3 heterocycles. The van der Waals surface area contributed by atoms with E-state index in [1.165, 1.54) is 12.8 Å². The van der Waals surface area contributed by atoms with Crippen molar-refractivity contribution in [2.24, 2.45) is 0 Å². The number of nitrogens with one attached hydrogen (secondary N) is 2. The van der Waals surface area contributed by atoms with Crippen LogP contribution in [0.15, 0.2) is 30.6 Å². The highest BCUT2D eigenvalue weighted by molar-refractivity contribution is 5.56. The molecule has 1 aliphatic rings. The Balaban J connectivity index is 1.86. The minimum Gasteiger partial charge on any atom is -0.366 e. The summed E-state index contributed by atoms with van der Waals surface area (Å²) < 4.78 is 0. The molecule has 0 saturated carbocycles. The van der Waals surface area contributed by atoms with E-state index in [2.05, 4.69) is 33.6 Å². The number of rotatable bonds is 5. The van der Waals surface area contributed by atoms with E-state index in [1.807, 2.05) is 18.3 Å². The summed E-state index contributed by atoms with van der Waals surface area (Å²) in [7, 11) is 0. The summed E-state index contributed by atoms with van der Waals surface area (Å²) in [5.74, 6) is 1.68. The largest absolute Gasteiger partial charge is 0.366 e. The molecule has 1 fully saturated rings. The molecule has 0 spiro atoms. The number of pyridine rings is 1. The van der Waals surface area contributed by atoms with Gasteiger partial charge in [0, 0.05) is 42.3 Å². The average molecular weight is 297 g/mol. The van der Waals surface area contributed by atoms with Gasteiger partial charge in [-0.15, -0.1) is 0 Å². The van der Waals surface area contributed by atoms with Gasteiger partial charge in [-0.1, -0.05) is 13.3 Å². The van der Waals surface area contributed by atoms with E-state index < -0.39 is 0 Å². The Morgan fingerprint density at radius 2 is 2.32 bits per heavy atom. The molecule has 1 atom stereocenters. The molecule has 116 valence electrons. The van der Waals surface area contributed by atoms with Crippen LogP contribution in [0.2, 0.25) is 0 Å². The second-order valence-corrected chi connectivity index (χ2v) is 5.75. The minimum atomic E-state index is 0.444. The second-order valence-electron chi connectivity index (χ2n) is 5.75. The first kappa shape index (κ1) is 14.9. The van der Waals surface area contributed by atoms with Gasteiger partial charge in [-0.25, -0.2) is 9.97 Å². The molecule has 5 nitrogen and oxygen atoms in total. The zero-order chi connectivity index (χ0) is 15.2. The molecule has 2 aromatic heterocycles. The Morgan fingerprint density at radius 1 is 1.36 bits per heavy atom. The summed E-state index contributed by atoms with van der Waals surface area (Å²) in [5.41, 5.74) is 2.05. The third-order valence-electron chi connectivity index (χ3n) is 3.85. The molecule has 0 radical (unpaired) electrons. The molecule has 0 aliphatic carbocycles. The van der Waals surface area contributed by atoms with Crippen molar-refractivity contribution in [3.63, 3.8) is 0 Å². The Bertz CT molecular complexity index is 593. The third kappa shape index (κ3) is 3.80. The van der Waals surface area contributed by atoms with Crippen LogP contribution < -0.4 is 10.6 Å². The molecule has 0 amide bonds. The Hall–Kier alpha value is -2.01. The minimum absolute atomic E-state index is 0.444. The fourth-order valence-corrected chi connectivity index (χ4v) is 2.76. The van der Waals surface area contributed by atoms with Crippen LogP contribution in [0.3, 0.4) is 0 Å². The Labute approximate surface area is 131 Å². The summed E-state index contributed by atoms with van der Waals surface area (Å²) in [6.07, 6.45) is 8.02. The van der Waals surface area contributed by atoms with E-state index in [9.17, 15) is 0 Å². The number of hydrogen-bond donors (Lipinski definition) is 2. The van der Waals surface area contributed by atoms with Crippen molar-refractivity contribution in [1.29, 1.82) is 0 Å². The van der Waals surface area contributed by atoms with E-state index in [-0.39, 0.29) is 0 Å². The molecule has 3 rings (SSSR count). The van der Waals surface area contributed by atoms with Gasteiger partial charge in [0.25, 0.3) is 0 Å². The van der Waals surface area contributed by atoms with E-state index >= 15 is 0 Å². The second kappa shape index (κ2) is 7.31. The lowest BCUT2D eigenvalue weighted by molar-refractivity contribution is 0.479. The van der Waals surface area contributed by atoms with Crippen molar-refractivity contribution >= 4 is 5.82 Å². The third-order valence-corrected chi connectivity index (χ3v) is 3.85. The summed E-state index contributed by atoms with van der Waals surface area (Å²) in [6.45, 7) is 4.28. The first-order valence-electron chi connectivity index (χ1n) is 8.11. The molecular weight excluding hydrogens is 274 g/mol. The van der Waals surface area contributed by atoms with Gasteiger partial charge in [0.2, 0.25) is 0 Å². The van der Waals surface area contributed by atoms with Gasteiger partial charge in [0.1, 0.15) is 5.82 Å². The number of aromatic nitrogens is 3. The maximum Gasteiger partial charge on any atom is 0.163 e. The van der Waals surface area contributed by atoms with Crippen molar-refractivity contribution in [1.82, 2.24) is 20.3 Å². The van der Waals surface area contributed by atoms with Gasteiger partial charge in [-0.2, -0.15) is 0 Å². The predicted molar refractivity (Wildman–Crippen MR) is 88.8 cm³/mol. The predicted octanol–water partition coefficient (Wildman–Crippen LogP) is 2.66. The normalized spacial score (nSPS) is 18.1. The van der Waals surface area contributed by atoms with E-state index in [4.69, 9.17) is 4.98 Å². The molecule has 0 aromatic carbocycles. The zero-order valence-corrected chi connectivity index (χ0v) is 13.0. The molecular formula is C17H23N5. The van der Waals surface area contributed by atoms with Gasteiger partial charge >= 0.3 is 0 Å². The van der Waals surface area contributed by atoms with Crippen LogP contribution in [0.4, 0.5) is 5.82 Å². The van der Waals surface area contributed by atoms with Gasteiger partial charge in [-0.05, 0) is 37.9 Å². The van der Waals surface area contributed by atoms with Crippen LogP contribution >= 0.6 is 0 Å².